The summed E-state index contributed by atoms with van der Waals surface area (Å²) in [7, 11) is -3.86. The molecule has 0 fully saturated rings. The number of carbonyl (C=O) groups is 1. The number of hydrazone groups is 1. The first-order valence-electron chi connectivity index (χ1n) is 9.03. The van der Waals surface area contributed by atoms with E-state index in [0.717, 1.165) is 22.7 Å². The molecule has 1 N–H and O–H groups in total. The van der Waals surface area contributed by atoms with Crippen LogP contribution >= 0.6 is 0 Å². The second kappa shape index (κ2) is 9.39. The second-order valence-electron chi connectivity index (χ2n) is 6.55. The molecule has 12 heteroatoms. The number of nitrogens with zero attached hydrogens (tertiary/aromatic N) is 3. The Hall–Kier alpha value is -4.06. The minimum atomic E-state index is -3.86. The van der Waals surface area contributed by atoms with Crippen molar-refractivity contribution in [1.29, 1.82) is 0 Å². The van der Waals surface area contributed by atoms with E-state index >= 15 is 0 Å². The normalized spacial score (nSPS) is 11.4. The summed E-state index contributed by atoms with van der Waals surface area (Å²) < 4.78 is 43.7. The number of rotatable bonds is 8. The molecule has 0 spiro atoms. The van der Waals surface area contributed by atoms with Gasteiger partial charge < -0.3 is 4.42 Å². The summed E-state index contributed by atoms with van der Waals surface area (Å²) in [5, 5.41) is 14.6. The summed E-state index contributed by atoms with van der Waals surface area (Å²) in [6.07, 6.45) is 2.08. The number of sulfonamides is 1. The van der Waals surface area contributed by atoms with Crippen molar-refractivity contribution < 1.29 is 26.9 Å². The number of halogens is 1. The first kappa shape index (κ1) is 22.6. The number of furan rings is 1. The van der Waals surface area contributed by atoms with E-state index in [2.05, 4.69) is 10.5 Å². The van der Waals surface area contributed by atoms with Crippen molar-refractivity contribution in [2.75, 3.05) is 17.1 Å². The highest BCUT2D eigenvalue weighted by Gasteiger charge is 2.21. The molecule has 3 aromatic rings. The Bertz CT molecular complexity index is 1290. The van der Waals surface area contributed by atoms with E-state index < -0.39 is 33.2 Å². The molecule has 0 aliphatic carbocycles. The molecule has 0 atom stereocenters. The van der Waals surface area contributed by atoms with E-state index in [1.165, 1.54) is 36.5 Å². The van der Waals surface area contributed by atoms with E-state index in [1.807, 2.05) is 0 Å². The van der Waals surface area contributed by atoms with E-state index in [1.54, 1.807) is 18.2 Å². The van der Waals surface area contributed by atoms with Gasteiger partial charge in [0.1, 0.15) is 23.9 Å². The van der Waals surface area contributed by atoms with Crippen molar-refractivity contribution in [3.05, 3.63) is 82.4 Å². The van der Waals surface area contributed by atoms with Gasteiger partial charge >= 0.3 is 0 Å². The van der Waals surface area contributed by atoms with E-state index in [9.17, 15) is 27.7 Å². The largest absolute Gasteiger partial charge is 0.455 e. The average Bonchev–Trinajstić information content (AvgIpc) is 3.20. The SMILES string of the molecule is CS(=O)(=O)N(CC(=O)N/N=C\c1ccc(-c2cccc([N+](=O)[O-])c2)o1)c1cccc(F)c1. The number of non-ortho nitro benzene ring substituents is 1. The first-order valence-corrected chi connectivity index (χ1v) is 10.9. The third-order valence-electron chi connectivity index (χ3n) is 4.13. The van der Waals surface area contributed by atoms with Gasteiger partial charge in [0.2, 0.25) is 10.0 Å². The maximum atomic E-state index is 13.4. The predicted octanol–water partition coefficient (Wildman–Crippen LogP) is 2.91. The van der Waals surface area contributed by atoms with Gasteiger partial charge in [-0.05, 0) is 30.3 Å². The molecule has 3 rings (SSSR count). The van der Waals surface area contributed by atoms with Crippen LogP contribution in [0.5, 0.6) is 0 Å². The lowest BCUT2D eigenvalue weighted by Gasteiger charge is -2.21. The molecule has 166 valence electrons. The van der Waals surface area contributed by atoms with Gasteiger partial charge in [0, 0.05) is 17.7 Å². The third kappa shape index (κ3) is 5.76. The van der Waals surface area contributed by atoms with Crippen LogP contribution in [0.3, 0.4) is 0 Å². The smallest absolute Gasteiger partial charge is 0.270 e. The van der Waals surface area contributed by atoms with E-state index in [0.29, 0.717) is 11.3 Å². The second-order valence-corrected chi connectivity index (χ2v) is 8.46. The number of hydrogen-bond acceptors (Lipinski definition) is 7. The van der Waals surface area contributed by atoms with Gasteiger partial charge in [-0.25, -0.2) is 18.2 Å². The Balaban J connectivity index is 1.66. The maximum Gasteiger partial charge on any atom is 0.270 e. The summed E-state index contributed by atoms with van der Waals surface area (Å²) in [5.74, 6) is -0.805. The van der Waals surface area contributed by atoms with E-state index in [4.69, 9.17) is 4.42 Å². The summed E-state index contributed by atoms with van der Waals surface area (Å²) in [6, 6.07) is 13.8. The van der Waals surface area contributed by atoms with Crippen molar-refractivity contribution in [3.8, 4) is 11.3 Å². The van der Waals surface area contributed by atoms with Gasteiger partial charge in [-0.2, -0.15) is 5.10 Å². The lowest BCUT2D eigenvalue weighted by Crippen LogP contribution is -2.39. The highest BCUT2D eigenvalue weighted by atomic mass is 32.2. The predicted molar refractivity (Wildman–Crippen MR) is 115 cm³/mol. The first-order chi connectivity index (χ1) is 15.1. The van der Waals surface area contributed by atoms with Crippen molar-refractivity contribution in [1.82, 2.24) is 5.43 Å². The van der Waals surface area contributed by atoms with Gasteiger partial charge in [-0.1, -0.05) is 18.2 Å². The fourth-order valence-electron chi connectivity index (χ4n) is 2.72. The Morgan fingerprint density at radius 1 is 1.22 bits per heavy atom. The van der Waals surface area contributed by atoms with Crippen molar-refractivity contribution in [3.63, 3.8) is 0 Å². The zero-order chi connectivity index (χ0) is 23.3. The Kier molecular flexibility index (Phi) is 6.64. The molecule has 0 aliphatic rings. The molecule has 0 saturated heterocycles. The van der Waals surface area contributed by atoms with Crippen LogP contribution in [0.25, 0.3) is 11.3 Å². The molecule has 0 bridgehead atoms. The molecular formula is C20H17FN4O6S. The molecule has 2 aromatic carbocycles. The number of amides is 1. The number of nitrogens with one attached hydrogen (secondary N) is 1. The van der Waals surface area contributed by atoms with Crippen molar-refractivity contribution in [2.24, 2.45) is 5.10 Å². The van der Waals surface area contributed by atoms with E-state index in [-0.39, 0.29) is 17.1 Å². The molecule has 1 aromatic heterocycles. The highest BCUT2D eigenvalue weighted by Crippen LogP contribution is 2.25. The van der Waals surface area contributed by atoms with Crippen LogP contribution in [0.1, 0.15) is 5.76 Å². The summed E-state index contributed by atoms with van der Waals surface area (Å²) in [6.45, 7) is -0.614. The van der Waals surface area contributed by atoms with Crippen molar-refractivity contribution in [2.45, 2.75) is 0 Å². The van der Waals surface area contributed by atoms with Crippen LogP contribution in [-0.4, -0.2) is 38.3 Å². The molecule has 0 aliphatic heterocycles. The molecule has 0 radical (unpaired) electrons. The summed E-state index contributed by atoms with van der Waals surface area (Å²) in [5.41, 5.74) is 2.57. The quantitative estimate of drug-likeness (QED) is 0.312. The fraction of sp³-hybridized carbons (Fsp3) is 0.100. The molecule has 1 amide bonds. The third-order valence-corrected chi connectivity index (χ3v) is 5.27. The molecule has 1 heterocycles. The summed E-state index contributed by atoms with van der Waals surface area (Å²) >= 11 is 0. The zero-order valence-corrected chi connectivity index (χ0v) is 17.5. The van der Waals surface area contributed by atoms with Crippen LogP contribution in [0.4, 0.5) is 15.8 Å². The van der Waals surface area contributed by atoms with Crippen LogP contribution in [0.2, 0.25) is 0 Å². The summed E-state index contributed by atoms with van der Waals surface area (Å²) in [4.78, 5) is 22.5. The minimum absolute atomic E-state index is 0.000685. The highest BCUT2D eigenvalue weighted by molar-refractivity contribution is 7.92. The Morgan fingerprint density at radius 2 is 1.97 bits per heavy atom. The van der Waals surface area contributed by atoms with Gasteiger partial charge in [-0.3, -0.25) is 19.2 Å². The fourth-order valence-corrected chi connectivity index (χ4v) is 3.56. The van der Waals surface area contributed by atoms with Gasteiger partial charge in [0.25, 0.3) is 11.6 Å². The standard InChI is InChI=1S/C20H17FN4O6S/c1-32(29,30)24(16-6-3-5-15(21)11-16)13-20(26)23-22-12-18-8-9-19(31-18)14-4-2-7-17(10-14)25(27)28/h2-12H,13H2,1H3,(H,23,26)/b22-12-. The number of benzene rings is 2. The number of hydrogen-bond donors (Lipinski definition) is 1. The lowest BCUT2D eigenvalue weighted by molar-refractivity contribution is -0.384. The number of nitro groups is 1. The number of carbonyl (C=O) groups excluding carboxylic acids is 1. The molecule has 32 heavy (non-hydrogen) atoms. The zero-order valence-electron chi connectivity index (χ0n) is 16.6. The minimum Gasteiger partial charge on any atom is -0.455 e. The van der Waals surface area contributed by atoms with Gasteiger partial charge in [0.05, 0.1) is 23.1 Å². The van der Waals surface area contributed by atoms with Crippen LogP contribution < -0.4 is 9.73 Å². The van der Waals surface area contributed by atoms with Crippen LogP contribution in [-0.2, 0) is 14.8 Å². The van der Waals surface area contributed by atoms with Crippen LogP contribution in [0, 0.1) is 15.9 Å². The number of nitro benzene ring substituents is 1. The molecule has 0 unspecified atom stereocenters. The average molecular weight is 460 g/mol. The lowest BCUT2D eigenvalue weighted by atomic mass is 10.1. The monoisotopic (exact) mass is 460 g/mol. The van der Waals surface area contributed by atoms with Crippen molar-refractivity contribution >= 4 is 33.5 Å². The van der Waals surface area contributed by atoms with Crippen LogP contribution in [0.15, 0.2) is 70.2 Å². The number of anilines is 1. The van der Waals surface area contributed by atoms with Gasteiger partial charge in [0.15, 0.2) is 0 Å². The topological polar surface area (TPSA) is 135 Å². The van der Waals surface area contributed by atoms with Gasteiger partial charge in [-0.15, -0.1) is 0 Å². The Labute approximate surface area is 182 Å². The molecular weight excluding hydrogens is 443 g/mol. The maximum absolute atomic E-state index is 13.4. The molecule has 0 saturated carbocycles. The Morgan fingerprint density at radius 3 is 2.66 bits per heavy atom. The molecule has 10 nitrogen and oxygen atoms in total.